The Morgan fingerprint density at radius 1 is 1.21 bits per heavy atom. The third-order valence-electron chi connectivity index (χ3n) is 4.28. The quantitative estimate of drug-likeness (QED) is 0.528. The molecule has 2 heterocycles. The Balaban J connectivity index is 1.85. The van der Waals surface area contributed by atoms with Crippen molar-refractivity contribution in [3.8, 4) is 0 Å². The first-order chi connectivity index (χ1) is 11.7. The Hall–Kier alpha value is -1.34. The average molecular weight is 340 g/mol. The zero-order chi connectivity index (χ0) is 17.2. The van der Waals surface area contributed by atoms with Crippen LogP contribution in [-0.2, 0) is 14.3 Å². The summed E-state index contributed by atoms with van der Waals surface area (Å²) in [5.74, 6) is 0.933. The van der Waals surface area contributed by atoms with E-state index in [-0.39, 0.29) is 18.1 Å². The molecule has 7 nitrogen and oxygen atoms in total. The number of guanidine groups is 1. The van der Waals surface area contributed by atoms with Gasteiger partial charge in [0.15, 0.2) is 5.96 Å². The largest absolute Gasteiger partial charge is 0.375 e. The standard InChI is InChI=1S/C17H32N4O3/c1-3-8-19-16(22)7-9-20-17(18-4-2)21-10-12-24-15(13-21)14-6-5-11-23-14/h14-15H,3-13H2,1-2H3,(H,18,20)(H,19,22). The fraction of sp³-hybridized carbons (Fsp3) is 0.882. The van der Waals surface area contributed by atoms with Crippen LogP contribution in [0.3, 0.4) is 0 Å². The molecule has 0 aromatic rings. The zero-order valence-corrected chi connectivity index (χ0v) is 15.1. The van der Waals surface area contributed by atoms with Crippen LogP contribution in [0.1, 0.15) is 39.5 Å². The minimum atomic E-state index is 0.0654. The second kappa shape index (κ2) is 10.5. The maximum Gasteiger partial charge on any atom is 0.221 e. The second-order valence-corrected chi connectivity index (χ2v) is 6.24. The fourth-order valence-corrected chi connectivity index (χ4v) is 3.03. The molecule has 7 heteroatoms. The number of hydrogen-bond donors (Lipinski definition) is 2. The third-order valence-corrected chi connectivity index (χ3v) is 4.28. The molecule has 138 valence electrons. The summed E-state index contributed by atoms with van der Waals surface area (Å²) >= 11 is 0. The molecule has 0 spiro atoms. The van der Waals surface area contributed by atoms with Crippen LogP contribution >= 0.6 is 0 Å². The number of amides is 1. The lowest BCUT2D eigenvalue weighted by molar-refractivity contribution is -0.120. The van der Waals surface area contributed by atoms with Crippen molar-refractivity contribution in [2.75, 3.05) is 45.9 Å². The number of aliphatic imine (C=N–C) groups is 1. The highest BCUT2D eigenvalue weighted by molar-refractivity contribution is 5.81. The van der Waals surface area contributed by atoms with E-state index in [2.05, 4.69) is 27.4 Å². The van der Waals surface area contributed by atoms with E-state index in [0.717, 1.165) is 58.0 Å². The second-order valence-electron chi connectivity index (χ2n) is 6.24. The minimum Gasteiger partial charge on any atom is -0.375 e. The normalized spacial score (nSPS) is 24.9. The van der Waals surface area contributed by atoms with Crippen molar-refractivity contribution < 1.29 is 14.3 Å². The molecule has 2 saturated heterocycles. The Labute approximate surface area is 145 Å². The Morgan fingerprint density at radius 2 is 2.04 bits per heavy atom. The fourth-order valence-electron chi connectivity index (χ4n) is 3.03. The number of hydrogen-bond acceptors (Lipinski definition) is 4. The molecule has 0 bridgehead atoms. The van der Waals surface area contributed by atoms with Gasteiger partial charge < -0.3 is 25.0 Å². The van der Waals surface area contributed by atoms with Crippen molar-refractivity contribution in [1.82, 2.24) is 15.5 Å². The highest BCUT2D eigenvalue weighted by atomic mass is 16.5. The Bertz CT molecular complexity index is 411. The number of morpholine rings is 1. The summed E-state index contributed by atoms with van der Waals surface area (Å²) in [4.78, 5) is 18.5. The number of carbonyl (C=O) groups excluding carboxylic acids is 1. The van der Waals surface area contributed by atoms with Crippen molar-refractivity contribution in [3.63, 3.8) is 0 Å². The number of ether oxygens (including phenoxy) is 2. The molecule has 2 aliphatic rings. The van der Waals surface area contributed by atoms with Crippen molar-refractivity contribution in [2.45, 2.75) is 51.7 Å². The molecule has 2 rings (SSSR count). The molecule has 24 heavy (non-hydrogen) atoms. The van der Waals surface area contributed by atoms with Crippen LogP contribution in [-0.4, -0.2) is 74.9 Å². The van der Waals surface area contributed by atoms with E-state index in [1.807, 2.05) is 6.92 Å². The summed E-state index contributed by atoms with van der Waals surface area (Å²) in [6.45, 7) is 9.27. The van der Waals surface area contributed by atoms with Gasteiger partial charge in [0.2, 0.25) is 5.91 Å². The van der Waals surface area contributed by atoms with E-state index in [1.54, 1.807) is 0 Å². The summed E-state index contributed by atoms with van der Waals surface area (Å²) in [7, 11) is 0. The first kappa shape index (κ1) is 19.0. The minimum absolute atomic E-state index is 0.0654. The number of nitrogens with zero attached hydrogens (tertiary/aromatic N) is 2. The molecule has 0 saturated carbocycles. The zero-order valence-electron chi connectivity index (χ0n) is 15.1. The molecule has 0 aromatic carbocycles. The van der Waals surface area contributed by atoms with E-state index in [4.69, 9.17) is 9.47 Å². The summed E-state index contributed by atoms with van der Waals surface area (Å²) in [6, 6.07) is 0. The van der Waals surface area contributed by atoms with Gasteiger partial charge in [-0.3, -0.25) is 9.79 Å². The molecule has 2 N–H and O–H groups in total. The summed E-state index contributed by atoms with van der Waals surface area (Å²) < 4.78 is 11.7. The summed E-state index contributed by atoms with van der Waals surface area (Å²) in [5.41, 5.74) is 0. The van der Waals surface area contributed by atoms with Gasteiger partial charge in [-0.15, -0.1) is 0 Å². The lowest BCUT2D eigenvalue weighted by Gasteiger charge is -2.37. The van der Waals surface area contributed by atoms with Crippen LogP contribution in [0.2, 0.25) is 0 Å². The molecule has 2 aliphatic heterocycles. The summed E-state index contributed by atoms with van der Waals surface area (Å²) in [5, 5.41) is 6.21. The van der Waals surface area contributed by atoms with Crippen LogP contribution in [0.15, 0.2) is 4.99 Å². The molecule has 1 amide bonds. The van der Waals surface area contributed by atoms with Crippen LogP contribution < -0.4 is 10.6 Å². The van der Waals surface area contributed by atoms with Crippen LogP contribution in [0, 0.1) is 0 Å². The Morgan fingerprint density at radius 3 is 2.75 bits per heavy atom. The van der Waals surface area contributed by atoms with Crippen LogP contribution in [0.25, 0.3) is 0 Å². The van der Waals surface area contributed by atoms with E-state index in [1.165, 1.54) is 0 Å². The predicted molar refractivity (Wildman–Crippen MR) is 94.2 cm³/mol. The van der Waals surface area contributed by atoms with Gasteiger partial charge >= 0.3 is 0 Å². The predicted octanol–water partition coefficient (Wildman–Crippen LogP) is 0.748. The lowest BCUT2D eigenvalue weighted by atomic mass is 10.1. The van der Waals surface area contributed by atoms with E-state index < -0.39 is 0 Å². The topological polar surface area (TPSA) is 75.2 Å². The number of rotatable bonds is 7. The first-order valence-corrected chi connectivity index (χ1v) is 9.27. The van der Waals surface area contributed by atoms with Crippen LogP contribution in [0.5, 0.6) is 0 Å². The average Bonchev–Trinajstić information content (AvgIpc) is 3.14. The van der Waals surface area contributed by atoms with Gasteiger partial charge in [0.1, 0.15) is 6.10 Å². The highest BCUT2D eigenvalue weighted by Crippen LogP contribution is 2.21. The van der Waals surface area contributed by atoms with E-state index in [9.17, 15) is 4.79 Å². The van der Waals surface area contributed by atoms with Crippen molar-refractivity contribution >= 4 is 11.9 Å². The molecule has 0 aliphatic carbocycles. The maximum atomic E-state index is 11.7. The molecule has 0 radical (unpaired) electrons. The number of carbonyl (C=O) groups is 1. The number of nitrogens with one attached hydrogen (secondary N) is 2. The summed E-state index contributed by atoms with van der Waals surface area (Å²) in [6.07, 6.45) is 3.88. The van der Waals surface area contributed by atoms with Gasteiger partial charge in [-0.05, 0) is 26.2 Å². The van der Waals surface area contributed by atoms with Gasteiger partial charge in [-0.2, -0.15) is 0 Å². The lowest BCUT2D eigenvalue weighted by Crippen LogP contribution is -2.53. The maximum absolute atomic E-state index is 11.7. The smallest absolute Gasteiger partial charge is 0.221 e. The van der Waals surface area contributed by atoms with Gasteiger partial charge in [0.25, 0.3) is 0 Å². The SMILES string of the molecule is CCCNC(=O)CCN=C(NCC)N1CCOC(C2CCCO2)C1. The Kier molecular flexibility index (Phi) is 8.32. The molecule has 0 aromatic heterocycles. The van der Waals surface area contributed by atoms with Gasteiger partial charge in [0, 0.05) is 39.2 Å². The monoisotopic (exact) mass is 340 g/mol. The molecular weight excluding hydrogens is 308 g/mol. The van der Waals surface area contributed by atoms with Crippen molar-refractivity contribution in [2.24, 2.45) is 4.99 Å². The molecule has 2 unspecified atom stereocenters. The van der Waals surface area contributed by atoms with Crippen LogP contribution in [0.4, 0.5) is 0 Å². The van der Waals surface area contributed by atoms with Crippen molar-refractivity contribution in [3.05, 3.63) is 0 Å². The first-order valence-electron chi connectivity index (χ1n) is 9.27. The van der Waals surface area contributed by atoms with E-state index in [0.29, 0.717) is 19.6 Å². The van der Waals surface area contributed by atoms with Gasteiger partial charge in [0.05, 0.1) is 19.3 Å². The van der Waals surface area contributed by atoms with Crippen molar-refractivity contribution in [1.29, 1.82) is 0 Å². The van der Waals surface area contributed by atoms with Gasteiger partial charge in [-0.1, -0.05) is 6.92 Å². The van der Waals surface area contributed by atoms with Gasteiger partial charge in [-0.25, -0.2) is 0 Å². The third kappa shape index (κ3) is 5.94. The van der Waals surface area contributed by atoms with E-state index >= 15 is 0 Å². The molecule has 2 fully saturated rings. The molecular formula is C17H32N4O3. The molecule has 2 atom stereocenters. The highest BCUT2D eigenvalue weighted by Gasteiger charge is 2.32.